The normalized spacial score (nSPS) is 12.9. The van der Waals surface area contributed by atoms with Gasteiger partial charge in [0, 0.05) is 16.1 Å². The molecule has 0 fully saturated rings. The Morgan fingerprint density at radius 1 is 1.45 bits per heavy atom. The summed E-state index contributed by atoms with van der Waals surface area (Å²) in [5, 5.41) is 1.71. The molecule has 2 aromatic heterocycles. The molecular weight excluding hydrogens is 292 g/mol. The Morgan fingerprint density at radius 3 is 2.95 bits per heavy atom. The van der Waals surface area contributed by atoms with Gasteiger partial charge in [0.25, 0.3) is 0 Å². The molecule has 4 nitrogen and oxygen atoms in total. The second-order valence-electron chi connectivity index (χ2n) is 4.67. The quantitative estimate of drug-likeness (QED) is 0.798. The van der Waals surface area contributed by atoms with E-state index in [0.717, 1.165) is 22.5 Å². The zero-order valence-electron chi connectivity index (χ0n) is 11.3. The predicted molar refractivity (Wildman–Crippen MR) is 84.5 cm³/mol. The number of hydrogen-bond donors (Lipinski definition) is 1. The average molecular weight is 307 g/mol. The fourth-order valence-corrected chi connectivity index (χ4v) is 3.35. The largest absolute Gasteiger partial charge is 0.369 e. The van der Waals surface area contributed by atoms with Gasteiger partial charge in [-0.05, 0) is 31.5 Å². The van der Waals surface area contributed by atoms with Crippen LogP contribution in [0.2, 0.25) is 5.02 Å². The summed E-state index contributed by atoms with van der Waals surface area (Å²) in [6.07, 6.45) is 2.93. The van der Waals surface area contributed by atoms with Crippen molar-refractivity contribution < 1.29 is 0 Å². The lowest BCUT2D eigenvalue weighted by atomic mass is 10.3. The van der Waals surface area contributed by atoms with Gasteiger partial charge in [0.2, 0.25) is 5.95 Å². The van der Waals surface area contributed by atoms with Crippen LogP contribution < -0.4 is 5.73 Å². The molecule has 3 aromatic rings. The van der Waals surface area contributed by atoms with Gasteiger partial charge in [-0.1, -0.05) is 18.5 Å². The SMILES string of the molecule is CCc1cnc(C(C)n2c(N)nc3ccc(Cl)cc32)s1. The summed E-state index contributed by atoms with van der Waals surface area (Å²) in [4.78, 5) is 10.2. The van der Waals surface area contributed by atoms with Crippen molar-refractivity contribution in [3.63, 3.8) is 0 Å². The number of halogens is 1. The minimum absolute atomic E-state index is 0.0452. The maximum absolute atomic E-state index is 6.08. The number of anilines is 1. The smallest absolute Gasteiger partial charge is 0.201 e. The van der Waals surface area contributed by atoms with Gasteiger partial charge in [0.1, 0.15) is 5.01 Å². The van der Waals surface area contributed by atoms with Crippen LogP contribution in [0, 0.1) is 0 Å². The van der Waals surface area contributed by atoms with E-state index < -0.39 is 0 Å². The second-order valence-corrected chi connectivity index (χ2v) is 6.25. The first kappa shape index (κ1) is 13.4. The number of nitrogens with two attached hydrogens (primary N) is 1. The highest BCUT2D eigenvalue weighted by Gasteiger charge is 2.18. The van der Waals surface area contributed by atoms with Gasteiger partial charge in [0.05, 0.1) is 17.1 Å². The van der Waals surface area contributed by atoms with Crippen molar-refractivity contribution in [3.05, 3.63) is 39.3 Å². The summed E-state index contributed by atoms with van der Waals surface area (Å²) in [7, 11) is 0. The number of nitrogens with zero attached hydrogens (tertiary/aromatic N) is 3. The lowest BCUT2D eigenvalue weighted by Crippen LogP contribution is -2.09. The molecule has 0 aliphatic rings. The van der Waals surface area contributed by atoms with Gasteiger partial charge >= 0.3 is 0 Å². The van der Waals surface area contributed by atoms with Crippen LogP contribution in [-0.2, 0) is 6.42 Å². The average Bonchev–Trinajstić information content (AvgIpc) is 3.01. The molecule has 0 aliphatic carbocycles. The number of fused-ring (bicyclic) bond motifs is 1. The molecular formula is C14H15ClN4S. The fraction of sp³-hybridized carbons (Fsp3) is 0.286. The summed E-state index contributed by atoms with van der Waals surface area (Å²) in [5.74, 6) is 0.489. The van der Waals surface area contributed by atoms with E-state index in [9.17, 15) is 0 Å². The highest BCUT2D eigenvalue weighted by molar-refractivity contribution is 7.11. The van der Waals surface area contributed by atoms with E-state index in [0.29, 0.717) is 11.0 Å². The lowest BCUT2D eigenvalue weighted by molar-refractivity contribution is 0.662. The van der Waals surface area contributed by atoms with Crippen LogP contribution in [0.15, 0.2) is 24.4 Å². The van der Waals surface area contributed by atoms with Gasteiger partial charge in [-0.25, -0.2) is 9.97 Å². The van der Waals surface area contributed by atoms with Crippen molar-refractivity contribution in [1.29, 1.82) is 0 Å². The lowest BCUT2D eigenvalue weighted by Gasteiger charge is -2.13. The standard InChI is InChI=1S/C14H15ClN4S/c1-3-10-7-17-13(20-10)8(2)19-12-6-9(15)4-5-11(12)18-14(19)16/h4-8H,3H2,1-2H3,(H2,16,18). The van der Waals surface area contributed by atoms with E-state index in [4.69, 9.17) is 17.3 Å². The van der Waals surface area contributed by atoms with Gasteiger partial charge < -0.3 is 10.3 Å². The Bertz CT molecular complexity index is 762. The van der Waals surface area contributed by atoms with Crippen molar-refractivity contribution in [2.45, 2.75) is 26.3 Å². The zero-order valence-corrected chi connectivity index (χ0v) is 12.9. The minimum atomic E-state index is 0.0452. The summed E-state index contributed by atoms with van der Waals surface area (Å²) < 4.78 is 1.99. The summed E-state index contributed by atoms with van der Waals surface area (Å²) >= 11 is 7.79. The Hall–Kier alpha value is -1.59. The topological polar surface area (TPSA) is 56.7 Å². The Kier molecular flexibility index (Phi) is 3.40. The summed E-state index contributed by atoms with van der Waals surface area (Å²) in [6, 6.07) is 5.65. The summed E-state index contributed by atoms with van der Waals surface area (Å²) in [6.45, 7) is 4.21. The van der Waals surface area contributed by atoms with E-state index in [-0.39, 0.29) is 6.04 Å². The van der Waals surface area contributed by atoms with Gasteiger partial charge in [0.15, 0.2) is 0 Å². The molecule has 0 saturated heterocycles. The number of rotatable bonds is 3. The molecule has 0 saturated carbocycles. The molecule has 104 valence electrons. The van der Waals surface area contributed by atoms with Crippen LogP contribution >= 0.6 is 22.9 Å². The van der Waals surface area contributed by atoms with Crippen molar-refractivity contribution in [1.82, 2.24) is 14.5 Å². The molecule has 0 aliphatic heterocycles. The Balaban J connectivity index is 2.12. The number of imidazole rings is 1. The van der Waals surface area contributed by atoms with Gasteiger partial charge in [-0.3, -0.25) is 0 Å². The molecule has 20 heavy (non-hydrogen) atoms. The predicted octanol–water partition coefficient (Wildman–Crippen LogP) is 3.90. The molecule has 0 amide bonds. The highest BCUT2D eigenvalue weighted by Crippen LogP contribution is 2.30. The number of hydrogen-bond acceptors (Lipinski definition) is 4. The Morgan fingerprint density at radius 2 is 2.25 bits per heavy atom. The van der Waals surface area contributed by atoms with E-state index in [2.05, 4.69) is 23.8 Å². The number of aromatic nitrogens is 3. The van der Waals surface area contributed by atoms with Crippen molar-refractivity contribution in [3.8, 4) is 0 Å². The third-order valence-corrected chi connectivity index (χ3v) is 4.89. The number of nitrogen functional groups attached to an aromatic ring is 1. The molecule has 1 unspecified atom stereocenters. The van der Waals surface area contributed by atoms with Crippen molar-refractivity contribution in [2.24, 2.45) is 0 Å². The first-order chi connectivity index (χ1) is 9.60. The van der Waals surface area contributed by atoms with Crippen molar-refractivity contribution >= 4 is 39.9 Å². The van der Waals surface area contributed by atoms with Crippen molar-refractivity contribution in [2.75, 3.05) is 5.73 Å². The molecule has 0 spiro atoms. The van der Waals surface area contributed by atoms with Crippen LogP contribution in [0.4, 0.5) is 5.95 Å². The first-order valence-electron chi connectivity index (χ1n) is 6.47. The van der Waals surface area contributed by atoms with Gasteiger partial charge in [-0.2, -0.15) is 0 Å². The molecule has 1 aromatic carbocycles. The Labute approximate surface area is 126 Å². The van der Waals surface area contributed by atoms with E-state index >= 15 is 0 Å². The molecule has 6 heteroatoms. The van der Waals surface area contributed by atoms with E-state index in [1.165, 1.54) is 4.88 Å². The number of thiazole rings is 1. The third-order valence-electron chi connectivity index (χ3n) is 3.34. The van der Waals surface area contributed by atoms with Crippen LogP contribution in [0.5, 0.6) is 0 Å². The van der Waals surface area contributed by atoms with E-state index in [1.807, 2.05) is 29.0 Å². The maximum Gasteiger partial charge on any atom is 0.201 e. The van der Waals surface area contributed by atoms with Gasteiger partial charge in [-0.15, -0.1) is 11.3 Å². The first-order valence-corrected chi connectivity index (χ1v) is 7.67. The van der Waals surface area contributed by atoms with E-state index in [1.54, 1.807) is 11.3 Å². The van der Waals surface area contributed by atoms with Crippen LogP contribution in [0.1, 0.15) is 29.8 Å². The maximum atomic E-state index is 6.08. The van der Waals surface area contributed by atoms with Crippen LogP contribution in [0.25, 0.3) is 11.0 Å². The van der Waals surface area contributed by atoms with Crippen LogP contribution in [0.3, 0.4) is 0 Å². The zero-order chi connectivity index (χ0) is 14.3. The minimum Gasteiger partial charge on any atom is -0.369 e. The monoisotopic (exact) mass is 306 g/mol. The summed E-state index contributed by atoms with van der Waals surface area (Å²) in [5.41, 5.74) is 7.86. The van der Waals surface area contributed by atoms with Crippen LogP contribution in [-0.4, -0.2) is 14.5 Å². The second kappa shape index (κ2) is 5.07. The molecule has 1 atom stereocenters. The molecule has 0 radical (unpaired) electrons. The number of benzene rings is 1. The number of aryl methyl sites for hydroxylation is 1. The fourth-order valence-electron chi connectivity index (χ4n) is 2.28. The molecule has 2 heterocycles. The molecule has 3 rings (SSSR count). The highest BCUT2D eigenvalue weighted by atomic mass is 35.5. The third kappa shape index (κ3) is 2.17. The molecule has 2 N–H and O–H groups in total. The molecule has 0 bridgehead atoms.